The first-order chi connectivity index (χ1) is 13.6. The highest BCUT2D eigenvalue weighted by molar-refractivity contribution is 5.55. The van der Waals surface area contributed by atoms with Gasteiger partial charge in [-0.15, -0.1) is 0 Å². The van der Waals surface area contributed by atoms with Crippen molar-refractivity contribution < 1.29 is 9.84 Å². The molecule has 1 aromatic carbocycles. The molecule has 0 aliphatic carbocycles. The van der Waals surface area contributed by atoms with Crippen molar-refractivity contribution in [2.24, 2.45) is 0 Å². The van der Waals surface area contributed by atoms with E-state index in [2.05, 4.69) is 20.0 Å². The van der Waals surface area contributed by atoms with Crippen LogP contribution in [0.25, 0.3) is 11.4 Å². The molecule has 1 aliphatic rings. The Labute approximate surface area is 164 Å². The number of ether oxygens (including phenoxy) is 1. The van der Waals surface area contributed by atoms with Crippen molar-refractivity contribution >= 4 is 0 Å². The average molecular weight is 379 g/mol. The molecular weight excluding hydrogens is 354 g/mol. The highest BCUT2D eigenvalue weighted by Crippen LogP contribution is 2.21. The quantitative estimate of drug-likeness (QED) is 0.735. The number of aliphatic hydroxyl groups is 1. The second-order valence-electron chi connectivity index (χ2n) is 7.17. The Hall–Kier alpha value is -2.77. The molecule has 7 heteroatoms. The number of rotatable bonds is 5. The number of aromatic nitrogens is 4. The summed E-state index contributed by atoms with van der Waals surface area (Å²) >= 11 is 0. The Morgan fingerprint density at radius 3 is 2.57 bits per heavy atom. The molecule has 0 unspecified atom stereocenters. The maximum Gasteiger partial charge on any atom is 0.159 e. The van der Waals surface area contributed by atoms with Gasteiger partial charge in [-0.2, -0.15) is 5.10 Å². The van der Waals surface area contributed by atoms with Crippen LogP contribution in [-0.4, -0.2) is 43.4 Å². The highest BCUT2D eigenvalue weighted by atomic mass is 16.5. The van der Waals surface area contributed by atoms with Crippen LogP contribution < -0.4 is 4.74 Å². The molecule has 7 nitrogen and oxygen atoms in total. The SMILES string of the molecule is COc1ccc(-c2ncc(CN3CCCn4nc([C@H](C)O)cc4C3)cn2)cc1. The fraction of sp³-hybridized carbons (Fsp3) is 0.381. The summed E-state index contributed by atoms with van der Waals surface area (Å²) in [5, 5.41) is 14.3. The summed E-state index contributed by atoms with van der Waals surface area (Å²) in [6, 6.07) is 9.75. The molecule has 1 N–H and O–H groups in total. The fourth-order valence-electron chi connectivity index (χ4n) is 3.47. The third-order valence-corrected chi connectivity index (χ3v) is 5.00. The van der Waals surface area contributed by atoms with Gasteiger partial charge in [0.1, 0.15) is 5.75 Å². The van der Waals surface area contributed by atoms with Gasteiger partial charge in [0.25, 0.3) is 0 Å². The van der Waals surface area contributed by atoms with Crippen molar-refractivity contribution in [2.45, 2.75) is 39.1 Å². The molecule has 3 heterocycles. The number of benzene rings is 1. The van der Waals surface area contributed by atoms with Gasteiger partial charge in [-0.3, -0.25) is 9.58 Å². The molecule has 3 aromatic rings. The zero-order valence-corrected chi connectivity index (χ0v) is 16.2. The lowest BCUT2D eigenvalue weighted by Gasteiger charge is -2.19. The van der Waals surface area contributed by atoms with E-state index in [0.29, 0.717) is 5.82 Å². The van der Waals surface area contributed by atoms with E-state index in [-0.39, 0.29) is 0 Å². The van der Waals surface area contributed by atoms with Crippen molar-refractivity contribution in [3.8, 4) is 17.1 Å². The lowest BCUT2D eigenvalue weighted by molar-refractivity contribution is 0.193. The molecule has 1 atom stereocenters. The summed E-state index contributed by atoms with van der Waals surface area (Å²) in [6.45, 7) is 5.22. The van der Waals surface area contributed by atoms with Crippen LogP contribution in [0.4, 0.5) is 0 Å². The number of hydrogen-bond donors (Lipinski definition) is 1. The second-order valence-corrected chi connectivity index (χ2v) is 7.17. The van der Waals surface area contributed by atoms with Gasteiger partial charge < -0.3 is 9.84 Å². The lowest BCUT2D eigenvalue weighted by Crippen LogP contribution is -2.23. The predicted molar refractivity (Wildman–Crippen MR) is 106 cm³/mol. The van der Waals surface area contributed by atoms with Gasteiger partial charge in [0.2, 0.25) is 0 Å². The first-order valence-electron chi connectivity index (χ1n) is 9.55. The zero-order valence-electron chi connectivity index (χ0n) is 16.2. The molecule has 0 saturated heterocycles. The largest absolute Gasteiger partial charge is 0.497 e. The highest BCUT2D eigenvalue weighted by Gasteiger charge is 2.18. The number of hydrogen-bond acceptors (Lipinski definition) is 6. The van der Waals surface area contributed by atoms with Crippen molar-refractivity contribution in [2.75, 3.05) is 13.7 Å². The van der Waals surface area contributed by atoms with Gasteiger partial charge in [-0.25, -0.2) is 9.97 Å². The van der Waals surface area contributed by atoms with Crippen LogP contribution in [0.2, 0.25) is 0 Å². The summed E-state index contributed by atoms with van der Waals surface area (Å²) in [6.07, 6.45) is 4.29. The van der Waals surface area contributed by atoms with Crippen LogP contribution in [0.1, 0.15) is 36.4 Å². The minimum Gasteiger partial charge on any atom is -0.497 e. The molecule has 0 amide bonds. The first kappa shape index (κ1) is 18.6. The number of fused-ring (bicyclic) bond motifs is 1. The topological polar surface area (TPSA) is 76.3 Å². The first-order valence-corrected chi connectivity index (χ1v) is 9.55. The van der Waals surface area contributed by atoms with Gasteiger partial charge in [-0.1, -0.05) is 0 Å². The minimum atomic E-state index is -0.535. The lowest BCUT2D eigenvalue weighted by atomic mass is 10.2. The third kappa shape index (κ3) is 4.05. The van der Waals surface area contributed by atoms with Gasteiger partial charge in [0, 0.05) is 49.7 Å². The molecule has 2 aromatic heterocycles. The summed E-state index contributed by atoms with van der Waals surface area (Å²) in [7, 11) is 1.65. The van der Waals surface area contributed by atoms with E-state index >= 15 is 0 Å². The van der Waals surface area contributed by atoms with E-state index in [1.165, 1.54) is 0 Å². The molecule has 0 spiro atoms. The van der Waals surface area contributed by atoms with E-state index in [9.17, 15) is 5.11 Å². The van der Waals surface area contributed by atoms with E-state index < -0.39 is 6.10 Å². The standard InChI is InChI=1S/C21H25N5O2/c1-15(27)20-10-18-14-25(8-3-9-26(18)24-20)13-16-11-22-21(23-12-16)17-4-6-19(28-2)7-5-17/h4-7,10-12,15,27H,3,8-9,13-14H2,1-2H3/t15-/m0/s1. The number of aliphatic hydroxyl groups excluding tert-OH is 1. The third-order valence-electron chi connectivity index (χ3n) is 5.00. The summed E-state index contributed by atoms with van der Waals surface area (Å²) in [4.78, 5) is 11.4. The molecule has 0 fully saturated rings. The van der Waals surface area contributed by atoms with E-state index in [4.69, 9.17) is 4.74 Å². The van der Waals surface area contributed by atoms with Crippen LogP contribution in [-0.2, 0) is 19.6 Å². The average Bonchev–Trinajstić information content (AvgIpc) is 3.02. The van der Waals surface area contributed by atoms with Crippen LogP contribution >= 0.6 is 0 Å². The molecular formula is C21H25N5O2. The Morgan fingerprint density at radius 1 is 1.14 bits per heavy atom. The normalized spacial score (nSPS) is 15.7. The van der Waals surface area contributed by atoms with Gasteiger partial charge in [-0.05, 0) is 43.7 Å². The van der Waals surface area contributed by atoms with E-state index in [1.807, 2.05) is 47.4 Å². The molecule has 1 aliphatic heterocycles. The smallest absolute Gasteiger partial charge is 0.159 e. The Balaban J connectivity index is 1.44. The van der Waals surface area contributed by atoms with Crippen LogP contribution in [0.15, 0.2) is 42.7 Å². The predicted octanol–water partition coefficient (Wildman–Crippen LogP) is 2.81. The summed E-state index contributed by atoms with van der Waals surface area (Å²) in [5.41, 5.74) is 3.94. The molecule has 4 rings (SSSR count). The molecule has 0 saturated carbocycles. The summed E-state index contributed by atoms with van der Waals surface area (Å²) < 4.78 is 7.21. The van der Waals surface area contributed by atoms with Crippen molar-refractivity contribution in [1.29, 1.82) is 0 Å². The Bertz CT molecular complexity index is 919. The van der Waals surface area contributed by atoms with Gasteiger partial charge in [0.05, 0.1) is 24.6 Å². The van der Waals surface area contributed by atoms with Crippen LogP contribution in [0.5, 0.6) is 5.75 Å². The van der Waals surface area contributed by atoms with Gasteiger partial charge in [0.15, 0.2) is 5.82 Å². The van der Waals surface area contributed by atoms with Crippen molar-refractivity contribution in [3.63, 3.8) is 0 Å². The minimum absolute atomic E-state index is 0.535. The number of aryl methyl sites for hydroxylation is 1. The van der Waals surface area contributed by atoms with Crippen LogP contribution in [0, 0.1) is 0 Å². The molecule has 0 bridgehead atoms. The van der Waals surface area contributed by atoms with E-state index in [0.717, 1.165) is 60.9 Å². The number of nitrogens with zero attached hydrogens (tertiary/aromatic N) is 5. The van der Waals surface area contributed by atoms with Crippen LogP contribution in [0.3, 0.4) is 0 Å². The summed E-state index contributed by atoms with van der Waals surface area (Å²) in [5.74, 6) is 1.53. The monoisotopic (exact) mass is 379 g/mol. The molecule has 0 radical (unpaired) electrons. The zero-order chi connectivity index (χ0) is 19.5. The number of methoxy groups -OCH3 is 1. The van der Waals surface area contributed by atoms with Crippen molar-refractivity contribution in [3.05, 3.63) is 59.7 Å². The maximum atomic E-state index is 9.78. The maximum absolute atomic E-state index is 9.78. The fourth-order valence-corrected chi connectivity index (χ4v) is 3.47. The van der Waals surface area contributed by atoms with E-state index in [1.54, 1.807) is 14.0 Å². The van der Waals surface area contributed by atoms with Crippen molar-refractivity contribution in [1.82, 2.24) is 24.6 Å². The molecule has 146 valence electrons. The van der Waals surface area contributed by atoms with Gasteiger partial charge >= 0.3 is 0 Å². The second kappa shape index (κ2) is 8.08. The Kier molecular flexibility index (Phi) is 5.36. The molecule has 28 heavy (non-hydrogen) atoms. The Morgan fingerprint density at radius 2 is 1.89 bits per heavy atom.